The number of hydrogen-bond donors (Lipinski definition) is 1. The quantitative estimate of drug-likeness (QED) is 0.779. The average molecular weight is 217 g/mol. The van der Waals surface area contributed by atoms with E-state index in [0.29, 0.717) is 6.04 Å². The first-order valence-electron chi connectivity index (χ1n) is 6.18. The predicted octanol–water partition coefficient (Wildman–Crippen LogP) is 2.33. The fraction of sp³-hybridized carbons (Fsp3) is 0.571. The minimum absolute atomic E-state index is 0.696. The van der Waals surface area contributed by atoms with Gasteiger partial charge in [0.2, 0.25) is 0 Å². The SMILES string of the molecule is COc1ccc2c(c1)[C@@H]1C[C@H](C2)NC[C@@H]1C. The van der Waals surface area contributed by atoms with Gasteiger partial charge >= 0.3 is 0 Å². The van der Waals surface area contributed by atoms with Crippen LogP contribution in [0.2, 0.25) is 0 Å². The van der Waals surface area contributed by atoms with Crippen molar-refractivity contribution in [1.82, 2.24) is 5.32 Å². The van der Waals surface area contributed by atoms with Crippen LogP contribution >= 0.6 is 0 Å². The second-order valence-corrected chi connectivity index (χ2v) is 5.19. The summed E-state index contributed by atoms with van der Waals surface area (Å²) in [6, 6.07) is 7.28. The molecule has 0 spiro atoms. The highest BCUT2D eigenvalue weighted by molar-refractivity contribution is 5.41. The molecule has 1 fully saturated rings. The summed E-state index contributed by atoms with van der Waals surface area (Å²) in [5.41, 5.74) is 3.05. The van der Waals surface area contributed by atoms with E-state index in [4.69, 9.17) is 4.74 Å². The minimum atomic E-state index is 0.696. The van der Waals surface area contributed by atoms with E-state index >= 15 is 0 Å². The Balaban J connectivity index is 2.04. The predicted molar refractivity (Wildman–Crippen MR) is 65.0 cm³/mol. The highest BCUT2D eigenvalue weighted by Crippen LogP contribution is 2.40. The molecule has 1 saturated heterocycles. The van der Waals surface area contributed by atoms with Gasteiger partial charge in [-0.1, -0.05) is 13.0 Å². The normalized spacial score (nSPS) is 32.0. The van der Waals surface area contributed by atoms with E-state index in [0.717, 1.165) is 24.1 Å². The summed E-state index contributed by atoms with van der Waals surface area (Å²) in [6.07, 6.45) is 2.48. The summed E-state index contributed by atoms with van der Waals surface area (Å²) in [5.74, 6) is 2.47. The van der Waals surface area contributed by atoms with Gasteiger partial charge in [-0.3, -0.25) is 0 Å². The monoisotopic (exact) mass is 217 g/mol. The molecule has 2 bridgehead atoms. The largest absolute Gasteiger partial charge is 0.497 e. The van der Waals surface area contributed by atoms with Crippen molar-refractivity contribution >= 4 is 0 Å². The van der Waals surface area contributed by atoms with Crippen molar-refractivity contribution in [2.24, 2.45) is 5.92 Å². The second-order valence-electron chi connectivity index (χ2n) is 5.19. The molecule has 3 rings (SSSR count). The van der Waals surface area contributed by atoms with Gasteiger partial charge in [0.1, 0.15) is 5.75 Å². The maximum absolute atomic E-state index is 5.34. The molecule has 0 radical (unpaired) electrons. The van der Waals surface area contributed by atoms with Crippen molar-refractivity contribution in [2.45, 2.75) is 31.7 Å². The van der Waals surface area contributed by atoms with Crippen LogP contribution in [0.25, 0.3) is 0 Å². The third kappa shape index (κ3) is 1.52. The Kier molecular flexibility index (Phi) is 2.40. The molecule has 1 N–H and O–H groups in total. The lowest BCUT2D eigenvalue weighted by Gasteiger charge is -2.41. The van der Waals surface area contributed by atoms with E-state index in [-0.39, 0.29) is 0 Å². The molecule has 0 saturated carbocycles. The van der Waals surface area contributed by atoms with E-state index < -0.39 is 0 Å². The van der Waals surface area contributed by atoms with Crippen molar-refractivity contribution < 1.29 is 4.74 Å². The molecule has 2 nitrogen and oxygen atoms in total. The molecule has 0 unspecified atom stereocenters. The van der Waals surface area contributed by atoms with Gasteiger partial charge in [0, 0.05) is 6.04 Å². The van der Waals surface area contributed by atoms with E-state index in [1.807, 2.05) is 0 Å². The number of fused-ring (bicyclic) bond motifs is 4. The summed E-state index contributed by atoms with van der Waals surface area (Å²) in [5, 5.41) is 3.64. The Morgan fingerprint density at radius 2 is 2.25 bits per heavy atom. The molecule has 2 heteroatoms. The van der Waals surface area contributed by atoms with Crippen molar-refractivity contribution in [2.75, 3.05) is 13.7 Å². The number of piperidine rings is 1. The van der Waals surface area contributed by atoms with Gasteiger partial charge in [-0.25, -0.2) is 0 Å². The van der Waals surface area contributed by atoms with Gasteiger partial charge in [-0.15, -0.1) is 0 Å². The van der Waals surface area contributed by atoms with Crippen LogP contribution < -0.4 is 10.1 Å². The summed E-state index contributed by atoms with van der Waals surface area (Å²) in [7, 11) is 1.75. The lowest BCUT2D eigenvalue weighted by Crippen LogP contribution is -2.46. The molecular weight excluding hydrogens is 198 g/mol. The summed E-state index contributed by atoms with van der Waals surface area (Å²) >= 11 is 0. The highest BCUT2D eigenvalue weighted by atomic mass is 16.5. The molecule has 1 aromatic carbocycles. The zero-order valence-electron chi connectivity index (χ0n) is 9.99. The molecule has 1 aromatic rings. The number of methoxy groups -OCH3 is 1. The molecule has 86 valence electrons. The second kappa shape index (κ2) is 3.77. The van der Waals surface area contributed by atoms with Crippen LogP contribution in [0.1, 0.15) is 30.4 Å². The first-order valence-corrected chi connectivity index (χ1v) is 6.18. The molecule has 0 aromatic heterocycles. The smallest absolute Gasteiger partial charge is 0.119 e. The Labute approximate surface area is 97.0 Å². The van der Waals surface area contributed by atoms with Crippen LogP contribution in [0, 0.1) is 5.92 Å². The number of rotatable bonds is 1. The Morgan fingerprint density at radius 3 is 3.06 bits per heavy atom. The Bertz CT molecular complexity index is 402. The van der Waals surface area contributed by atoms with Crippen molar-refractivity contribution in [3.8, 4) is 5.75 Å². The van der Waals surface area contributed by atoms with Crippen LogP contribution in [0.4, 0.5) is 0 Å². The highest BCUT2D eigenvalue weighted by Gasteiger charge is 2.34. The van der Waals surface area contributed by atoms with Crippen LogP contribution in [0.3, 0.4) is 0 Å². The van der Waals surface area contributed by atoms with E-state index in [1.165, 1.54) is 24.0 Å². The molecule has 16 heavy (non-hydrogen) atoms. The zero-order chi connectivity index (χ0) is 11.1. The standard InChI is InChI=1S/C14H19NO/c1-9-8-15-11-5-10-3-4-12(16-2)7-14(10)13(9)6-11/h3-4,7,9,11,13,15H,5-6,8H2,1-2H3/t9-,11-,13+/m0/s1. The maximum atomic E-state index is 5.34. The van der Waals surface area contributed by atoms with Gasteiger partial charge in [-0.2, -0.15) is 0 Å². The van der Waals surface area contributed by atoms with Crippen LogP contribution in [-0.2, 0) is 6.42 Å². The Hall–Kier alpha value is -1.02. The van der Waals surface area contributed by atoms with Gasteiger partial charge in [0.25, 0.3) is 0 Å². The minimum Gasteiger partial charge on any atom is -0.497 e. The fourth-order valence-corrected chi connectivity index (χ4v) is 3.20. The van der Waals surface area contributed by atoms with E-state index in [2.05, 4.69) is 30.4 Å². The van der Waals surface area contributed by atoms with Gasteiger partial charge < -0.3 is 10.1 Å². The van der Waals surface area contributed by atoms with Crippen molar-refractivity contribution in [3.05, 3.63) is 29.3 Å². The lowest BCUT2D eigenvalue weighted by molar-refractivity contribution is 0.265. The molecule has 1 heterocycles. The molecule has 2 aliphatic rings. The first-order chi connectivity index (χ1) is 7.78. The Morgan fingerprint density at radius 1 is 1.38 bits per heavy atom. The third-order valence-electron chi connectivity index (χ3n) is 4.17. The van der Waals surface area contributed by atoms with Gasteiger partial charge in [0.05, 0.1) is 7.11 Å². The van der Waals surface area contributed by atoms with Gasteiger partial charge in [-0.05, 0) is 54.5 Å². The first kappa shape index (κ1) is 10.2. The topological polar surface area (TPSA) is 21.3 Å². The van der Waals surface area contributed by atoms with Gasteiger partial charge in [0.15, 0.2) is 0 Å². The van der Waals surface area contributed by atoms with Crippen molar-refractivity contribution in [1.29, 1.82) is 0 Å². The zero-order valence-corrected chi connectivity index (χ0v) is 9.99. The molecule has 0 amide bonds. The molecule has 1 aliphatic heterocycles. The number of benzene rings is 1. The van der Waals surface area contributed by atoms with Crippen LogP contribution in [-0.4, -0.2) is 19.7 Å². The summed E-state index contributed by atoms with van der Waals surface area (Å²) in [6.45, 7) is 3.51. The van der Waals surface area contributed by atoms with Crippen LogP contribution in [0.15, 0.2) is 18.2 Å². The average Bonchev–Trinajstić information content (AvgIpc) is 2.33. The van der Waals surface area contributed by atoms with E-state index in [1.54, 1.807) is 7.11 Å². The molecule has 3 atom stereocenters. The number of hydrogen-bond acceptors (Lipinski definition) is 2. The number of nitrogens with one attached hydrogen (secondary N) is 1. The van der Waals surface area contributed by atoms with Crippen molar-refractivity contribution in [3.63, 3.8) is 0 Å². The van der Waals surface area contributed by atoms with Crippen LogP contribution in [0.5, 0.6) is 5.75 Å². The fourth-order valence-electron chi connectivity index (χ4n) is 3.20. The summed E-state index contributed by atoms with van der Waals surface area (Å²) in [4.78, 5) is 0. The third-order valence-corrected chi connectivity index (χ3v) is 4.17. The summed E-state index contributed by atoms with van der Waals surface area (Å²) < 4.78 is 5.34. The molecular formula is C14H19NO. The maximum Gasteiger partial charge on any atom is 0.119 e. The molecule has 1 aliphatic carbocycles. The van der Waals surface area contributed by atoms with E-state index in [9.17, 15) is 0 Å². The number of ether oxygens (including phenoxy) is 1. The lowest BCUT2D eigenvalue weighted by atomic mass is 9.72.